The molecular weight excluding hydrogens is 380 g/mol. The number of benzene rings is 3. The highest BCUT2D eigenvalue weighted by Crippen LogP contribution is 2.38. The summed E-state index contributed by atoms with van der Waals surface area (Å²) in [6, 6.07) is 23.5. The second-order valence-corrected chi connectivity index (χ2v) is 6.47. The molecule has 0 aromatic heterocycles. The quantitative estimate of drug-likeness (QED) is 0.236. The van der Waals surface area contributed by atoms with Crippen molar-refractivity contribution in [3.63, 3.8) is 0 Å². The van der Waals surface area contributed by atoms with Gasteiger partial charge in [0.25, 0.3) is 0 Å². The molecule has 0 radical (unpaired) electrons. The normalized spacial score (nSPS) is 10.6. The van der Waals surface area contributed by atoms with Gasteiger partial charge in [0.15, 0.2) is 11.5 Å². The molecule has 0 saturated heterocycles. The summed E-state index contributed by atoms with van der Waals surface area (Å²) in [6.45, 7) is 1.94. The number of ether oxygens (including phenoxy) is 3. The minimum absolute atomic E-state index is 0.244. The Balaban J connectivity index is 1.94. The molecule has 0 unspecified atom stereocenters. The first-order valence-electron chi connectivity index (χ1n) is 9.45. The minimum atomic E-state index is -0.453. The van der Waals surface area contributed by atoms with E-state index in [9.17, 15) is 4.79 Å². The van der Waals surface area contributed by atoms with Crippen LogP contribution in [0.2, 0.25) is 0 Å². The van der Waals surface area contributed by atoms with Crippen molar-refractivity contribution >= 4 is 17.9 Å². The number of rotatable bonds is 8. The van der Waals surface area contributed by atoms with Gasteiger partial charge in [-0.25, -0.2) is 0 Å². The van der Waals surface area contributed by atoms with E-state index in [1.54, 1.807) is 18.3 Å². The van der Waals surface area contributed by atoms with Crippen LogP contribution in [0.4, 0.5) is 5.69 Å². The van der Waals surface area contributed by atoms with Crippen molar-refractivity contribution in [2.45, 2.75) is 13.5 Å². The lowest BCUT2D eigenvalue weighted by atomic mass is 10.2. The summed E-state index contributed by atoms with van der Waals surface area (Å²) in [5.41, 5.74) is 2.85. The molecule has 6 heteroatoms. The Bertz CT molecular complexity index is 979. The molecule has 0 bridgehead atoms. The number of esters is 1. The van der Waals surface area contributed by atoms with Gasteiger partial charge >= 0.3 is 5.97 Å². The molecule has 0 aliphatic carbocycles. The van der Waals surface area contributed by atoms with Crippen molar-refractivity contribution in [1.82, 2.24) is 0 Å². The number of methoxy groups -OCH3 is 2. The molecule has 0 aliphatic rings. The third kappa shape index (κ3) is 5.38. The van der Waals surface area contributed by atoms with Crippen LogP contribution in [-0.4, -0.2) is 26.4 Å². The lowest BCUT2D eigenvalue weighted by Gasteiger charge is -2.19. The molecule has 0 N–H and O–H groups in total. The Morgan fingerprint density at radius 1 is 0.933 bits per heavy atom. The van der Waals surface area contributed by atoms with Crippen molar-refractivity contribution in [2.75, 3.05) is 19.2 Å². The Morgan fingerprint density at radius 2 is 1.50 bits per heavy atom. The molecule has 0 spiro atoms. The zero-order valence-corrected chi connectivity index (χ0v) is 17.2. The number of carbonyl (C=O) groups excluding carboxylic acids is 1. The number of anilines is 1. The number of para-hydroxylation sites is 1. The lowest BCUT2D eigenvalue weighted by Crippen LogP contribution is -2.16. The van der Waals surface area contributed by atoms with Crippen molar-refractivity contribution in [3.8, 4) is 17.2 Å². The predicted octanol–water partition coefficient (Wildman–Crippen LogP) is 4.67. The fourth-order valence-corrected chi connectivity index (χ4v) is 2.91. The highest BCUT2D eigenvalue weighted by Gasteiger charge is 2.16. The van der Waals surface area contributed by atoms with E-state index < -0.39 is 5.97 Å². The van der Waals surface area contributed by atoms with E-state index in [4.69, 9.17) is 19.3 Å². The Kier molecular flexibility index (Phi) is 7.05. The topological polar surface area (TPSA) is 60.4 Å². The molecule has 0 fully saturated rings. The predicted molar refractivity (Wildman–Crippen MR) is 118 cm³/mol. The summed E-state index contributed by atoms with van der Waals surface area (Å²) in [5.74, 6) is 0.570. The Hall–Kier alpha value is -3.80. The van der Waals surface area contributed by atoms with E-state index in [1.165, 1.54) is 21.1 Å². The smallest absolute Gasteiger partial charge is 0.308 e. The van der Waals surface area contributed by atoms with Crippen molar-refractivity contribution in [1.29, 1.82) is 0 Å². The van der Waals surface area contributed by atoms with Gasteiger partial charge in [-0.2, -0.15) is 5.10 Å². The van der Waals surface area contributed by atoms with Gasteiger partial charge in [-0.3, -0.25) is 9.80 Å². The van der Waals surface area contributed by atoms with Crippen LogP contribution in [-0.2, 0) is 11.3 Å². The van der Waals surface area contributed by atoms with E-state index in [-0.39, 0.29) is 5.75 Å². The number of hydrazone groups is 1. The average molecular weight is 404 g/mol. The Labute approximate surface area is 176 Å². The largest absolute Gasteiger partial charge is 0.493 e. The second kappa shape index (κ2) is 10.1. The van der Waals surface area contributed by atoms with Crippen LogP contribution < -0.4 is 19.2 Å². The molecule has 154 valence electrons. The molecule has 0 heterocycles. The van der Waals surface area contributed by atoms with Gasteiger partial charge in [-0.15, -0.1) is 0 Å². The molecule has 3 aromatic carbocycles. The summed E-state index contributed by atoms with van der Waals surface area (Å²) in [6.07, 6.45) is 1.72. The number of carbonyl (C=O) groups is 1. The molecule has 30 heavy (non-hydrogen) atoms. The highest BCUT2D eigenvalue weighted by molar-refractivity contribution is 5.84. The minimum Gasteiger partial charge on any atom is -0.493 e. The molecule has 3 rings (SSSR count). The van der Waals surface area contributed by atoms with E-state index >= 15 is 0 Å². The first-order valence-corrected chi connectivity index (χ1v) is 9.45. The van der Waals surface area contributed by atoms with E-state index in [0.717, 1.165) is 16.8 Å². The average Bonchev–Trinajstić information content (AvgIpc) is 2.78. The summed E-state index contributed by atoms with van der Waals surface area (Å²) >= 11 is 0. The maximum Gasteiger partial charge on any atom is 0.308 e. The first-order chi connectivity index (χ1) is 14.6. The van der Waals surface area contributed by atoms with Gasteiger partial charge in [-0.05, 0) is 29.8 Å². The third-order valence-electron chi connectivity index (χ3n) is 4.30. The number of nitrogens with zero attached hydrogens (tertiary/aromatic N) is 2. The monoisotopic (exact) mass is 404 g/mol. The SMILES string of the molecule is COc1cc(C=NN(Cc2ccccc2)c2ccccc2)cc(OC)c1OC(C)=O. The third-order valence-corrected chi connectivity index (χ3v) is 4.30. The van der Waals surface area contributed by atoms with Crippen LogP contribution >= 0.6 is 0 Å². The summed E-state index contributed by atoms with van der Waals surface area (Å²) in [5, 5.41) is 6.60. The van der Waals surface area contributed by atoms with E-state index in [2.05, 4.69) is 12.1 Å². The van der Waals surface area contributed by atoms with Gasteiger partial charge in [0.2, 0.25) is 5.75 Å². The van der Waals surface area contributed by atoms with Crippen LogP contribution in [0, 0.1) is 0 Å². The molecule has 0 amide bonds. The van der Waals surface area contributed by atoms with Gasteiger partial charge in [0.05, 0.1) is 32.7 Å². The van der Waals surface area contributed by atoms with E-state index in [1.807, 2.05) is 53.5 Å². The van der Waals surface area contributed by atoms with Gasteiger partial charge in [0, 0.05) is 12.5 Å². The molecule has 0 atom stereocenters. The molecule has 3 aromatic rings. The van der Waals surface area contributed by atoms with Crippen molar-refractivity contribution < 1.29 is 19.0 Å². The summed E-state index contributed by atoms with van der Waals surface area (Å²) in [4.78, 5) is 11.4. The standard InChI is InChI=1S/C24H24N2O4/c1-18(27)30-24-22(28-2)14-20(15-23(24)29-3)16-25-26(21-12-8-5-9-13-21)17-19-10-6-4-7-11-19/h4-16H,17H2,1-3H3. The highest BCUT2D eigenvalue weighted by atomic mass is 16.6. The van der Waals surface area contributed by atoms with Crippen LogP contribution in [0.1, 0.15) is 18.1 Å². The van der Waals surface area contributed by atoms with Crippen molar-refractivity contribution in [3.05, 3.63) is 83.9 Å². The van der Waals surface area contributed by atoms with Crippen LogP contribution in [0.15, 0.2) is 77.9 Å². The maximum atomic E-state index is 11.4. The van der Waals surface area contributed by atoms with Crippen molar-refractivity contribution in [2.24, 2.45) is 5.10 Å². The van der Waals surface area contributed by atoms with Crippen LogP contribution in [0.3, 0.4) is 0 Å². The molecule has 0 aliphatic heterocycles. The van der Waals surface area contributed by atoms with Crippen LogP contribution in [0.5, 0.6) is 17.2 Å². The number of hydrogen-bond donors (Lipinski definition) is 0. The maximum absolute atomic E-state index is 11.4. The number of hydrogen-bond acceptors (Lipinski definition) is 6. The van der Waals surface area contributed by atoms with E-state index in [0.29, 0.717) is 18.0 Å². The zero-order valence-electron chi connectivity index (χ0n) is 17.2. The lowest BCUT2D eigenvalue weighted by molar-refractivity contribution is -0.132. The summed E-state index contributed by atoms with van der Waals surface area (Å²) < 4.78 is 16.0. The van der Waals surface area contributed by atoms with Gasteiger partial charge < -0.3 is 14.2 Å². The fraction of sp³-hybridized carbons (Fsp3) is 0.167. The zero-order chi connectivity index (χ0) is 21.3. The van der Waals surface area contributed by atoms with Gasteiger partial charge in [-0.1, -0.05) is 48.5 Å². The second-order valence-electron chi connectivity index (χ2n) is 6.47. The molecular formula is C24H24N2O4. The molecule has 0 saturated carbocycles. The molecule has 6 nitrogen and oxygen atoms in total. The fourth-order valence-electron chi connectivity index (χ4n) is 2.91. The van der Waals surface area contributed by atoms with Crippen LogP contribution in [0.25, 0.3) is 0 Å². The van der Waals surface area contributed by atoms with Gasteiger partial charge in [0.1, 0.15) is 0 Å². The Morgan fingerprint density at radius 3 is 2.03 bits per heavy atom. The first kappa shape index (κ1) is 20.9. The summed E-state index contributed by atoms with van der Waals surface area (Å²) in [7, 11) is 3.02.